The van der Waals surface area contributed by atoms with E-state index in [0.717, 1.165) is 0 Å². The summed E-state index contributed by atoms with van der Waals surface area (Å²) in [5, 5.41) is 5.58. The van der Waals surface area contributed by atoms with Crippen molar-refractivity contribution in [1.29, 1.82) is 0 Å². The van der Waals surface area contributed by atoms with E-state index in [0.29, 0.717) is 13.2 Å². The predicted molar refractivity (Wildman–Crippen MR) is 57.9 cm³/mol. The Bertz CT molecular complexity index is 209. The molecule has 0 saturated carbocycles. The Hall–Kier alpha value is -0.380. The van der Waals surface area contributed by atoms with Crippen molar-refractivity contribution in [1.82, 2.24) is 5.01 Å². The van der Waals surface area contributed by atoms with E-state index in [9.17, 15) is 4.57 Å². The topological polar surface area (TPSA) is 51.1 Å². The summed E-state index contributed by atoms with van der Waals surface area (Å²) >= 11 is 0. The summed E-state index contributed by atoms with van der Waals surface area (Å²) in [6.45, 7) is 4.34. The third-order valence-corrected chi connectivity index (χ3v) is 3.18. The van der Waals surface area contributed by atoms with Gasteiger partial charge < -0.3 is 14.1 Å². The fourth-order valence-corrected chi connectivity index (χ4v) is 2.18. The third-order valence-electron chi connectivity index (χ3n) is 1.27. The molecule has 14 heavy (non-hydrogen) atoms. The first-order valence-corrected chi connectivity index (χ1v) is 6.34. The van der Waals surface area contributed by atoms with E-state index in [1.807, 2.05) is 0 Å². The van der Waals surface area contributed by atoms with Crippen LogP contribution < -0.4 is 0 Å². The lowest BCUT2D eigenvalue weighted by Crippen LogP contribution is -2.05. The van der Waals surface area contributed by atoms with Crippen LogP contribution in [-0.4, -0.2) is 44.7 Å². The molecule has 0 spiro atoms. The molecule has 0 rings (SSSR count). The molecule has 0 aliphatic heterocycles. The lowest BCUT2D eigenvalue weighted by atomic mass is 10.9. The highest BCUT2D eigenvalue weighted by atomic mass is 31.2. The van der Waals surface area contributed by atoms with Crippen LogP contribution in [0.4, 0.5) is 0 Å². The average Bonchev–Trinajstić information content (AvgIpc) is 2.03. The van der Waals surface area contributed by atoms with Crippen molar-refractivity contribution < 1.29 is 13.6 Å². The van der Waals surface area contributed by atoms with E-state index in [4.69, 9.17) is 9.05 Å². The predicted octanol–water partition coefficient (Wildman–Crippen LogP) is 1.80. The van der Waals surface area contributed by atoms with Gasteiger partial charge in [0.05, 0.1) is 19.4 Å². The SMILES string of the molecule is CCOP(=O)(CC=NN(C)C)OCC. The van der Waals surface area contributed by atoms with Crippen molar-refractivity contribution in [2.24, 2.45) is 5.10 Å². The molecule has 84 valence electrons. The van der Waals surface area contributed by atoms with Crippen LogP contribution >= 0.6 is 7.60 Å². The Balaban J connectivity index is 4.15. The molecule has 0 atom stereocenters. The molecule has 0 fully saturated rings. The number of hydrogen-bond donors (Lipinski definition) is 0. The van der Waals surface area contributed by atoms with Crippen LogP contribution in [0, 0.1) is 0 Å². The molecule has 0 unspecified atom stereocenters. The van der Waals surface area contributed by atoms with Gasteiger partial charge in [0, 0.05) is 20.3 Å². The van der Waals surface area contributed by atoms with E-state index >= 15 is 0 Å². The van der Waals surface area contributed by atoms with Gasteiger partial charge in [0.15, 0.2) is 0 Å². The minimum absolute atomic E-state index is 0.215. The standard InChI is InChI=1S/C8H19N2O3P/c1-5-12-14(11,13-6-2)8-7-9-10(3)4/h7H,5-6,8H2,1-4H3. The van der Waals surface area contributed by atoms with Crippen LogP contribution in [0.25, 0.3) is 0 Å². The van der Waals surface area contributed by atoms with Gasteiger partial charge in [0.2, 0.25) is 0 Å². The second-order valence-electron chi connectivity index (χ2n) is 2.77. The van der Waals surface area contributed by atoms with E-state index in [2.05, 4.69) is 5.10 Å². The molecule has 6 heteroatoms. The largest absolute Gasteiger partial charge is 0.336 e. The molecule has 0 aromatic rings. The zero-order valence-electron chi connectivity index (χ0n) is 9.27. The van der Waals surface area contributed by atoms with E-state index in [1.165, 1.54) is 0 Å². The lowest BCUT2D eigenvalue weighted by Gasteiger charge is -2.14. The fourth-order valence-electron chi connectivity index (χ4n) is 0.836. The van der Waals surface area contributed by atoms with Crippen LogP contribution in [-0.2, 0) is 13.6 Å². The smallest absolute Gasteiger partial charge is 0.309 e. The Morgan fingerprint density at radius 1 is 1.29 bits per heavy atom. The van der Waals surface area contributed by atoms with Crippen molar-refractivity contribution in [3.05, 3.63) is 0 Å². The zero-order chi connectivity index (χ0) is 11.0. The molecular formula is C8H19N2O3P. The monoisotopic (exact) mass is 222 g/mol. The van der Waals surface area contributed by atoms with Crippen LogP contribution in [0.5, 0.6) is 0 Å². The zero-order valence-corrected chi connectivity index (χ0v) is 10.2. The second-order valence-corrected chi connectivity index (χ2v) is 4.88. The van der Waals surface area contributed by atoms with Gasteiger partial charge in [-0.1, -0.05) is 0 Å². The highest BCUT2D eigenvalue weighted by Gasteiger charge is 2.21. The number of rotatable bonds is 7. The summed E-state index contributed by atoms with van der Waals surface area (Å²) in [5.41, 5.74) is 0. The van der Waals surface area contributed by atoms with Gasteiger partial charge in [0.1, 0.15) is 0 Å². The van der Waals surface area contributed by atoms with Gasteiger partial charge in [-0.15, -0.1) is 0 Å². The van der Waals surface area contributed by atoms with E-state index in [-0.39, 0.29) is 6.16 Å². The Kier molecular flexibility index (Phi) is 6.79. The molecule has 0 aliphatic rings. The maximum absolute atomic E-state index is 11.8. The first kappa shape index (κ1) is 13.6. The summed E-state index contributed by atoms with van der Waals surface area (Å²) in [7, 11) is 0.637. The molecular weight excluding hydrogens is 203 g/mol. The summed E-state index contributed by atoms with van der Waals surface area (Å²) in [4.78, 5) is 0. The van der Waals surface area contributed by atoms with Gasteiger partial charge in [0.25, 0.3) is 0 Å². The maximum atomic E-state index is 11.8. The van der Waals surface area contributed by atoms with Gasteiger partial charge >= 0.3 is 7.60 Å². The van der Waals surface area contributed by atoms with Crippen molar-refractivity contribution in [3.63, 3.8) is 0 Å². The van der Waals surface area contributed by atoms with Gasteiger partial charge in [-0.05, 0) is 13.8 Å². The van der Waals surface area contributed by atoms with Crippen LogP contribution in [0.2, 0.25) is 0 Å². The molecule has 0 radical (unpaired) electrons. The van der Waals surface area contributed by atoms with Crippen molar-refractivity contribution in [2.75, 3.05) is 33.5 Å². The first-order valence-electron chi connectivity index (χ1n) is 4.62. The second kappa shape index (κ2) is 6.98. The minimum Gasteiger partial charge on any atom is -0.309 e. The Morgan fingerprint density at radius 2 is 1.79 bits per heavy atom. The quantitative estimate of drug-likeness (QED) is 0.374. The van der Waals surface area contributed by atoms with Gasteiger partial charge in [-0.3, -0.25) is 4.57 Å². The molecule has 0 heterocycles. The van der Waals surface area contributed by atoms with Gasteiger partial charge in [-0.2, -0.15) is 5.10 Å². The summed E-state index contributed by atoms with van der Waals surface area (Å²) in [6.07, 6.45) is 1.76. The van der Waals surface area contributed by atoms with Crippen LogP contribution in [0.3, 0.4) is 0 Å². The fraction of sp³-hybridized carbons (Fsp3) is 0.875. The summed E-state index contributed by atoms with van der Waals surface area (Å²) < 4.78 is 22.0. The molecule has 0 aromatic carbocycles. The number of nitrogens with zero attached hydrogens (tertiary/aromatic N) is 2. The van der Waals surface area contributed by atoms with Crippen LogP contribution in [0.15, 0.2) is 5.10 Å². The Labute approximate surface area is 85.6 Å². The normalized spacial score (nSPS) is 12.3. The number of hydrazone groups is 1. The van der Waals surface area contributed by atoms with Gasteiger partial charge in [-0.25, -0.2) is 0 Å². The van der Waals surface area contributed by atoms with E-state index in [1.54, 1.807) is 39.2 Å². The molecule has 0 aliphatic carbocycles. The molecule has 0 aromatic heterocycles. The molecule has 0 amide bonds. The van der Waals surface area contributed by atoms with Crippen molar-refractivity contribution in [2.45, 2.75) is 13.8 Å². The number of hydrogen-bond acceptors (Lipinski definition) is 5. The van der Waals surface area contributed by atoms with Crippen molar-refractivity contribution >= 4 is 13.8 Å². The van der Waals surface area contributed by atoms with Crippen LogP contribution in [0.1, 0.15) is 13.8 Å². The minimum atomic E-state index is -2.95. The lowest BCUT2D eigenvalue weighted by molar-refractivity contribution is 0.223. The van der Waals surface area contributed by atoms with E-state index < -0.39 is 7.60 Å². The van der Waals surface area contributed by atoms with Crippen molar-refractivity contribution in [3.8, 4) is 0 Å². The average molecular weight is 222 g/mol. The summed E-state index contributed by atoms with van der Waals surface area (Å²) in [6, 6.07) is 0. The molecule has 0 bridgehead atoms. The molecule has 0 saturated heterocycles. The highest BCUT2D eigenvalue weighted by Crippen LogP contribution is 2.46. The first-order chi connectivity index (χ1) is 6.54. The molecule has 5 nitrogen and oxygen atoms in total. The summed E-state index contributed by atoms with van der Waals surface area (Å²) in [5.74, 6) is 0. The Morgan fingerprint density at radius 3 is 2.14 bits per heavy atom. The highest BCUT2D eigenvalue weighted by molar-refractivity contribution is 7.54. The molecule has 0 N–H and O–H groups in total. The third kappa shape index (κ3) is 6.13. The maximum Gasteiger partial charge on any atom is 0.336 e.